The Morgan fingerprint density at radius 3 is 2.79 bits per heavy atom. The minimum absolute atomic E-state index is 0.167. The van der Waals surface area contributed by atoms with E-state index in [0.717, 1.165) is 11.3 Å². The van der Waals surface area contributed by atoms with E-state index in [1.165, 1.54) is 6.07 Å². The van der Waals surface area contributed by atoms with Gasteiger partial charge in [0.25, 0.3) is 0 Å². The van der Waals surface area contributed by atoms with Crippen molar-refractivity contribution >= 4 is 23.3 Å². The van der Waals surface area contributed by atoms with Crippen LogP contribution in [0, 0.1) is 5.82 Å². The molecule has 1 N–H and O–H groups in total. The van der Waals surface area contributed by atoms with Gasteiger partial charge in [0, 0.05) is 22.9 Å². The van der Waals surface area contributed by atoms with Gasteiger partial charge in [-0.1, -0.05) is 35.9 Å². The lowest BCUT2D eigenvalue weighted by Gasteiger charge is -2.24. The molecule has 0 unspecified atom stereocenters. The summed E-state index contributed by atoms with van der Waals surface area (Å²) < 4.78 is 15.8. The Hall–Kier alpha value is -2.66. The number of halogens is 2. The van der Waals surface area contributed by atoms with Crippen molar-refractivity contribution in [3.63, 3.8) is 0 Å². The van der Waals surface area contributed by atoms with Gasteiger partial charge >= 0.3 is 0 Å². The number of rotatable bonds is 2. The summed E-state index contributed by atoms with van der Waals surface area (Å²) in [4.78, 5) is 12.2. The van der Waals surface area contributed by atoms with E-state index in [9.17, 15) is 9.18 Å². The maximum absolute atomic E-state index is 14.2. The van der Waals surface area contributed by atoms with E-state index in [2.05, 4.69) is 10.4 Å². The first-order valence-electron chi connectivity index (χ1n) is 7.51. The molecule has 1 atom stereocenters. The number of nitrogens with one attached hydrogen (secondary N) is 1. The summed E-state index contributed by atoms with van der Waals surface area (Å²) in [5.41, 5.74) is 2.03. The van der Waals surface area contributed by atoms with Crippen molar-refractivity contribution in [3.05, 3.63) is 76.7 Å². The smallest absolute Gasteiger partial charge is 0.226 e. The van der Waals surface area contributed by atoms with E-state index >= 15 is 0 Å². The van der Waals surface area contributed by atoms with Crippen molar-refractivity contribution in [2.24, 2.45) is 0 Å². The van der Waals surface area contributed by atoms with Gasteiger partial charge < -0.3 is 5.32 Å². The molecule has 24 heavy (non-hydrogen) atoms. The van der Waals surface area contributed by atoms with Crippen LogP contribution in [0.5, 0.6) is 0 Å². The number of hydrogen-bond donors (Lipinski definition) is 1. The number of amides is 1. The molecule has 3 aromatic rings. The molecule has 4 nitrogen and oxygen atoms in total. The third-order valence-corrected chi connectivity index (χ3v) is 4.39. The second-order valence-corrected chi connectivity index (χ2v) is 6.10. The minimum atomic E-state index is -0.358. The molecule has 120 valence electrons. The monoisotopic (exact) mass is 341 g/mol. The Kier molecular flexibility index (Phi) is 3.58. The fourth-order valence-corrected chi connectivity index (χ4v) is 3.24. The molecule has 6 heteroatoms. The number of aromatic nitrogens is 2. The Morgan fingerprint density at radius 1 is 1.17 bits per heavy atom. The summed E-state index contributed by atoms with van der Waals surface area (Å²) in [5.74, 6) is -0.289. The Morgan fingerprint density at radius 2 is 2.00 bits per heavy atom. The van der Waals surface area contributed by atoms with Gasteiger partial charge in [0.2, 0.25) is 5.91 Å². The summed E-state index contributed by atoms with van der Waals surface area (Å²) in [6.45, 7) is 0. The zero-order chi connectivity index (χ0) is 16.7. The van der Waals surface area contributed by atoms with Crippen LogP contribution in [0.4, 0.5) is 10.2 Å². The van der Waals surface area contributed by atoms with Crippen LogP contribution in [0.25, 0.3) is 5.69 Å². The first kappa shape index (κ1) is 14.9. The lowest BCUT2D eigenvalue weighted by atomic mass is 9.87. The highest BCUT2D eigenvalue weighted by Crippen LogP contribution is 2.38. The Bertz CT molecular complexity index is 938. The summed E-state index contributed by atoms with van der Waals surface area (Å²) in [5, 5.41) is 7.79. The highest BCUT2D eigenvalue weighted by Gasteiger charge is 2.31. The van der Waals surface area contributed by atoms with Gasteiger partial charge in [-0.05, 0) is 29.8 Å². The third kappa shape index (κ3) is 2.47. The number of carbonyl (C=O) groups is 1. The zero-order valence-electron chi connectivity index (χ0n) is 12.5. The molecule has 0 radical (unpaired) electrons. The van der Waals surface area contributed by atoms with Crippen LogP contribution in [-0.4, -0.2) is 15.7 Å². The van der Waals surface area contributed by atoms with Gasteiger partial charge in [-0.25, -0.2) is 9.07 Å². The van der Waals surface area contributed by atoms with Crippen molar-refractivity contribution in [2.75, 3.05) is 5.32 Å². The van der Waals surface area contributed by atoms with Crippen LogP contribution < -0.4 is 5.32 Å². The fraction of sp³-hybridized carbons (Fsp3) is 0.111. The molecular formula is C18H13ClFN3O. The minimum Gasteiger partial charge on any atom is -0.310 e. The highest BCUT2D eigenvalue weighted by molar-refractivity contribution is 6.30. The largest absolute Gasteiger partial charge is 0.310 e. The van der Waals surface area contributed by atoms with Crippen LogP contribution in [0.2, 0.25) is 5.02 Å². The van der Waals surface area contributed by atoms with Crippen molar-refractivity contribution < 1.29 is 9.18 Å². The first-order chi connectivity index (χ1) is 11.6. The molecule has 1 aliphatic heterocycles. The summed E-state index contributed by atoms with van der Waals surface area (Å²) in [6.07, 6.45) is 1.86. The van der Waals surface area contributed by atoms with E-state index in [-0.39, 0.29) is 24.1 Å². The number of hydrogen-bond acceptors (Lipinski definition) is 2. The lowest BCUT2D eigenvalue weighted by molar-refractivity contribution is -0.116. The average Bonchev–Trinajstić information content (AvgIpc) is 2.98. The van der Waals surface area contributed by atoms with E-state index in [4.69, 9.17) is 11.6 Å². The molecule has 1 aromatic heterocycles. The van der Waals surface area contributed by atoms with Crippen molar-refractivity contribution in [2.45, 2.75) is 12.3 Å². The highest BCUT2D eigenvalue weighted by atomic mass is 35.5. The second-order valence-electron chi connectivity index (χ2n) is 5.67. The molecule has 2 heterocycles. The Labute approximate surface area is 142 Å². The Balaban J connectivity index is 1.85. The number of anilines is 1. The SMILES string of the molecule is O=C1C[C@@H](c2ccccc2F)c2cnn(-c3cccc(Cl)c3)c2N1. The van der Waals surface area contributed by atoms with Crippen LogP contribution in [0.3, 0.4) is 0 Å². The van der Waals surface area contributed by atoms with E-state index < -0.39 is 0 Å². The predicted octanol–water partition coefficient (Wildman–Crippen LogP) is 4.14. The molecule has 0 saturated heterocycles. The van der Waals surface area contributed by atoms with Gasteiger partial charge in [0.1, 0.15) is 11.6 Å². The molecule has 4 rings (SSSR count). The molecule has 0 spiro atoms. The van der Waals surface area contributed by atoms with E-state index in [1.807, 2.05) is 12.1 Å². The second kappa shape index (κ2) is 5.76. The van der Waals surface area contributed by atoms with E-state index in [1.54, 1.807) is 41.2 Å². The first-order valence-corrected chi connectivity index (χ1v) is 7.89. The lowest BCUT2D eigenvalue weighted by Crippen LogP contribution is -2.25. The number of fused-ring (bicyclic) bond motifs is 1. The fourth-order valence-electron chi connectivity index (χ4n) is 3.06. The van der Waals surface area contributed by atoms with Crippen LogP contribution in [0.1, 0.15) is 23.5 Å². The molecule has 0 bridgehead atoms. The average molecular weight is 342 g/mol. The maximum atomic E-state index is 14.2. The normalized spacial score (nSPS) is 16.6. The van der Waals surface area contributed by atoms with Crippen LogP contribution >= 0.6 is 11.6 Å². The summed E-state index contributed by atoms with van der Waals surface area (Å²) in [7, 11) is 0. The standard InChI is InChI=1S/C18H13ClFN3O/c19-11-4-3-5-12(8-11)23-18-15(10-21-23)14(9-17(24)22-18)13-6-1-2-7-16(13)20/h1-8,10,14H,9H2,(H,22,24)/t14-/m0/s1. The van der Waals surface area contributed by atoms with Crippen molar-refractivity contribution in [1.82, 2.24) is 9.78 Å². The molecule has 0 aliphatic carbocycles. The number of carbonyl (C=O) groups excluding carboxylic acids is 1. The molecule has 1 amide bonds. The number of benzene rings is 2. The molecule has 1 aliphatic rings. The molecule has 2 aromatic carbocycles. The third-order valence-electron chi connectivity index (χ3n) is 4.15. The number of nitrogens with zero attached hydrogens (tertiary/aromatic N) is 2. The molecule has 0 fully saturated rings. The van der Waals surface area contributed by atoms with Crippen LogP contribution in [-0.2, 0) is 4.79 Å². The molecule has 0 saturated carbocycles. The van der Waals surface area contributed by atoms with Gasteiger partial charge in [-0.2, -0.15) is 5.10 Å². The quantitative estimate of drug-likeness (QED) is 0.761. The van der Waals surface area contributed by atoms with Gasteiger partial charge in [0.15, 0.2) is 0 Å². The maximum Gasteiger partial charge on any atom is 0.226 e. The summed E-state index contributed by atoms with van der Waals surface area (Å²) >= 11 is 6.04. The van der Waals surface area contributed by atoms with Gasteiger partial charge in [-0.3, -0.25) is 4.79 Å². The predicted molar refractivity (Wildman–Crippen MR) is 90.1 cm³/mol. The molecular weight excluding hydrogens is 329 g/mol. The zero-order valence-corrected chi connectivity index (χ0v) is 13.3. The topological polar surface area (TPSA) is 46.9 Å². The summed E-state index contributed by atoms with van der Waals surface area (Å²) in [6, 6.07) is 13.7. The van der Waals surface area contributed by atoms with E-state index in [0.29, 0.717) is 16.4 Å². The van der Waals surface area contributed by atoms with Crippen molar-refractivity contribution in [3.8, 4) is 5.69 Å². The van der Waals surface area contributed by atoms with Crippen molar-refractivity contribution in [1.29, 1.82) is 0 Å². The van der Waals surface area contributed by atoms with Gasteiger partial charge in [0.05, 0.1) is 11.9 Å². The van der Waals surface area contributed by atoms with Gasteiger partial charge in [-0.15, -0.1) is 0 Å². The van der Waals surface area contributed by atoms with Crippen LogP contribution in [0.15, 0.2) is 54.7 Å².